The lowest BCUT2D eigenvalue weighted by atomic mass is 9.98. The molecule has 1 fully saturated rings. The fourth-order valence-electron chi connectivity index (χ4n) is 3.09. The summed E-state index contributed by atoms with van der Waals surface area (Å²) in [7, 11) is 1.14. The minimum absolute atomic E-state index is 0.0465. The van der Waals surface area contributed by atoms with Crippen molar-refractivity contribution in [1.82, 2.24) is 0 Å². The van der Waals surface area contributed by atoms with E-state index >= 15 is 0 Å². The van der Waals surface area contributed by atoms with Gasteiger partial charge in [0.1, 0.15) is 0 Å². The van der Waals surface area contributed by atoms with E-state index in [1.807, 2.05) is 0 Å². The van der Waals surface area contributed by atoms with Crippen LogP contribution in [-0.2, 0) is 52.4 Å². The monoisotopic (exact) mass is 486 g/mol. The highest BCUT2D eigenvalue weighted by Gasteiger charge is 2.52. The second-order valence-electron chi connectivity index (χ2n) is 7.62. The zero-order valence-electron chi connectivity index (χ0n) is 20.3. The van der Waals surface area contributed by atoms with Crippen LogP contribution in [0.5, 0.6) is 0 Å². The second kappa shape index (κ2) is 15.0. The molecule has 34 heavy (non-hydrogen) atoms. The van der Waals surface area contributed by atoms with Gasteiger partial charge in [-0.15, -0.1) is 0 Å². The summed E-state index contributed by atoms with van der Waals surface area (Å²) in [6, 6.07) is 0. The smallest absolute Gasteiger partial charge is 0.333 e. The van der Waals surface area contributed by atoms with Crippen LogP contribution in [0.2, 0.25) is 0 Å². The van der Waals surface area contributed by atoms with E-state index in [-0.39, 0.29) is 19.3 Å². The van der Waals surface area contributed by atoms with Gasteiger partial charge in [-0.3, -0.25) is 14.4 Å². The summed E-state index contributed by atoms with van der Waals surface area (Å²) in [5, 5.41) is 0. The van der Waals surface area contributed by atoms with Crippen LogP contribution in [0.1, 0.15) is 66.2 Å². The molecule has 1 rings (SSSR count). The maximum absolute atomic E-state index is 12.4. The standard InChI is InChI=1S/C23H34O11/c1-6-9-16(25)31-20-14(4)30-23(34-19(28)13-12-15(24)29-5)22(33-18(27)11-8-3)21(20)32-17(26)10-7-2/h12-14,20-23H,6-11H2,1-5H3/b13-12+/t14-,20-,21+,22+,23-/m0/s1. The van der Waals surface area contributed by atoms with Gasteiger partial charge in [0.2, 0.25) is 12.4 Å². The molecule has 1 heterocycles. The van der Waals surface area contributed by atoms with Gasteiger partial charge in [-0.2, -0.15) is 0 Å². The molecule has 1 saturated heterocycles. The second-order valence-corrected chi connectivity index (χ2v) is 7.62. The molecule has 0 aromatic carbocycles. The lowest BCUT2D eigenvalue weighted by molar-refractivity contribution is -0.293. The number of methoxy groups -OCH3 is 1. The number of carbonyl (C=O) groups is 5. The molecular formula is C23H34O11. The Morgan fingerprint density at radius 3 is 1.59 bits per heavy atom. The van der Waals surface area contributed by atoms with E-state index in [9.17, 15) is 24.0 Å². The Bertz CT molecular complexity index is 745. The van der Waals surface area contributed by atoms with Crippen LogP contribution >= 0.6 is 0 Å². The lowest BCUT2D eigenvalue weighted by Crippen LogP contribution is -2.61. The van der Waals surface area contributed by atoms with Crippen LogP contribution in [0, 0.1) is 0 Å². The van der Waals surface area contributed by atoms with Crippen LogP contribution in [0.3, 0.4) is 0 Å². The van der Waals surface area contributed by atoms with E-state index in [1.54, 1.807) is 27.7 Å². The molecule has 0 saturated carbocycles. The summed E-state index contributed by atoms with van der Waals surface area (Å²) in [4.78, 5) is 60.4. The fourth-order valence-corrected chi connectivity index (χ4v) is 3.09. The Hall–Kier alpha value is -2.95. The zero-order chi connectivity index (χ0) is 25.7. The van der Waals surface area contributed by atoms with Gasteiger partial charge in [-0.05, 0) is 26.2 Å². The molecule has 0 aliphatic carbocycles. The van der Waals surface area contributed by atoms with Crippen molar-refractivity contribution < 1.29 is 52.4 Å². The normalized spacial score (nSPS) is 24.2. The third-order valence-electron chi connectivity index (χ3n) is 4.68. The Morgan fingerprint density at radius 1 is 0.676 bits per heavy atom. The lowest BCUT2D eigenvalue weighted by Gasteiger charge is -2.43. The maximum Gasteiger partial charge on any atom is 0.333 e. The van der Waals surface area contributed by atoms with Crippen LogP contribution in [-0.4, -0.2) is 67.7 Å². The predicted molar refractivity (Wildman–Crippen MR) is 116 cm³/mol. The van der Waals surface area contributed by atoms with Crippen molar-refractivity contribution in [3.8, 4) is 0 Å². The molecule has 1 aliphatic rings. The van der Waals surface area contributed by atoms with Gasteiger partial charge in [0.15, 0.2) is 12.2 Å². The fraction of sp³-hybridized carbons (Fsp3) is 0.696. The third kappa shape index (κ3) is 9.50. The van der Waals surface area contributed by atoms with Gasteiger partial charge in [-0.25, -0.2) is 9.59 Å². The third-order valence-corrected chi connectivity index (χ3v) is 4.68. The molecule has 5 atom stereocenters. The van der Waals surface area contributed by atoms with Gasteiger partial charge in [0, 0.05) is 31.4 Å². The molecule has 192 valence electrons. The van der Waals surface area contributed by atoms with Gasteiger partial charge in [0.05, 0.1) is 13.2 Å². The van der Waals surface area contributed by atoms with Gasteiger partial charge in [0.25, 0.3) is 0 Å². The molecular weight excluding hydrogens is 452 g/mol. The van der Waals surface area contributed by atoms with E-state index in [4.69, 9.17) is 23.7 Å². The minimum atomic E-state index is -1.49. The molecule has 0 aromatic rings. The van der Waals surface area contributed by atoms with E-state index in [2.05, 4.69) is 4.74 Å². The van der Waals surface area contributed by atoms with Gasteiger partial charge >= 0.3 is 29.8 Å². The first-order valence-corrected chi connectivity index (χ1v) is 11.4. The summed E-state index contributed by atoms with van der Waals surface area (Å²) < 4.78 is 31.9. The highest BCUT2D eigenvalue weighted by atomic mass is 16.7. The summed E-state index contributed by atoms with van der Waals surface area (Å²) in [5.74, 6) is -3.57. The van der Waals surface area contributed by atoms with Crippen molar-refractivity contribution in [2.45, 2.75) is 96.9 Å². The first-order valence-electron chi connectivity index (χ1n) is 11.4. The SMILES string of the molecule is CCCC(=O)O[C@@H]1[C@@H](OC(=O)CCC)[C@H](C)O[C@@H](OC(=O)/C=C/C(=O)OC)[C@@H]1OC(=O)CCC. The van der Waals surface area contributed by atoms with Crippen LogP contribution in [0.4, 0.5) is 0 Å². The summed E-state index contributed by atoms with van der Waals surface area (Å²) in [5.41, 5.74) is 0. The molecule has 0 bridgehead atoms. The van der Waals surface area contributed by atoms with Crippen molar-refractivity contribution in [1.29, 1.82) is 0 Å². The minimum Gasteiger partial charge on any atom is -0.466 e. The van der Waals surface area contributed by atoms with Crippen molar-refractivity contribution in [2.24, 2.45) is 0 Å². The number of carbonyl (C=O) groups excluding carboxylic acids is 5. The quantitative estimate of drug-likeness (QED) is 0.227. The number of ether oxygens (including phenoxy) is 6. The van der Waals surface area contributed by atoms with E-state index in [0.29, 0.717) is 19.3 Å². The molecule has 0 radical (unpaired) electrons. The average Bonchev–Trinajstić information content (AvgIpc) is 2.77. The predicted octanol–water partition coefficient (Wildman–Crippen LogP) is 2.14. The van der Waals surface area contributed by atoms with Crippen LogP contribution in [0.15, 0.2) is 12.2 Å². The first-order chi connectivity index (χ1) is 16.2. The average molecular weight is 487 g/mol. The Balaban J connectivity index is 3.28. The molecule has 0 aromatic heterocycles. The zero-order valence-corrected chi connectivity index (χ0v) is 20.3. The Labute approximate surface area is 199 Å². The van der Waals surface area contributed by atoms with Gasteiger partial charge in [-0.1, -0.05) is 20.8 Å². The molecule has 0 unspecified atom stereocenters. The summed E-state index contributed by atoms with van der Waals surface area (Å²) in [6.07, 6.45) is -2.78. The largest absolute Gasteiger partial charge is 0.466 e. The van der Waals surface area contributed by atoms with Gasteiger partial charge < -0.3 is 28.4 Å². The van der Waals surface area contributed by atoms with Crippen molar-refractivity contribution >= 4 is 29.8 Å². The van der Waals surface area contributed by atoms with Crippen molar-refractivity contribution in [3.05, 3.63) is 12.2 Å². The number of hydrogen-bond acceptors (Lipinski definition) is 11. The molecule has 1 aliphatic heterocycles. The van der Waals surface area contributed by atoms with Crippen molar-refractivity contribution in [2.75, 3.05) is 7.11 Å². The topological polar surface area (TPSA) is 141 Å². The molecule has 0 amide bonds. The number of hydrogen-bond donors (Lipinski definition) is 0. The summed E-state index contributed by atoms with van der Waals surface area (Å²) in [6.45, 7) is 6.89. The highest BCUT2D eigenvalue weighted by Crippen LogP contribution is 2.30. The molecule has 0 spiro atoms. The van der Waals surface area contributed by atoms with E-state index < -0.39 is 60.6 Å². The van der Waals surface area contributed by atoms with Crippen LogP contribution in [0.25, 0.3) is 0 Å². The number of esters is 5. The first kappa shape index (κ1) is 29.1. The Morgan fingerprint density at radius 2 is 1.12 bits per heavy atom. The molecule has 11 heteroatoms. The summed E-state index contributed by atoms with van der Waals surface area (Å²) >= 11 is 0. The van der Waals surface area contributed by atoms with E-state index in [0.717, 1.165) is 19.3 Å². The number of rotatable bonds is 12. The van der Waals surface area contributed by atoms with E-state index in [1.165, 1.54) is 0 Å². The Kier molecular flexibility index (Phi) is 12.9. The van der Waals surface area contributed by atoms with Crippen molar-refractivity contribution in [3.63, 3.8) is 0 Å². The van der Waals surface area contributed by atoms with Crippen LogP contribution < -0.4 is 0 Å². The highest BCUT2D eigenvalue weighted by molar-refractivity contribution is 5.91. The maximum atomic E-state index is 12.4. The molecule has 0 N–H and O–H groups in total. The molecule has 11 nitrogen and oxygen atoms in total.